The van der Waals surface area contributed by atoms with Crippen LogP contribution in [0.15, 0.2) is 29.3 Å². The highest BCUT2D eigenvalue weighted by Gasteiger charge is 2.19. The lowest BCUT2D eigenvalue weighted by atomic mass is 10.00. The third-order valence-electron chi connectivity index (χ3n) is 4.78. The number of carbonyl (C=O) groups is 1. The van der Waals surface area contributed by atoms with E-state index in [4.69, 9.17) is 0 Å². The molecule has 2 aromatic rings. The van der Waals surface area contributed by atoms with Gasteiger partial charge in [0.05, 0.1) is 17.2 Å². The van der Waals surface area contributed by atoms with Gasteiger partial charge in [0, 0.05) is 19.1 Å². The summed E-state index contributed by atoms with van der Waals surface area (Å²) in [6.07, 6.45) is 3.78. The average Bonchev–Trinajstić information content (AvgIpc) is 2.57. The number of piperidine rings is 1. The van der Waals surface area contributed by atoms with E-state index < -0.39 is 11.4 Å². The van der Waals surface area contributed by atoms with Gasteiger partial charge < -0.3 is 10.2 Å². The van der Waals surface area contributed by atoms with Crippen LogP contribution in [0.2, 0.25) is 0 Å². The predicted octanol–water partition coefficient (Wildman–Crippen LogP) is 1.77. The van der Waals surface area contributed by atoms with Crippen LogP contribution in [0.1, 0.15) is 26.7 Å². The molecule has 0 unspecified atom stereocenters. The highest BCUT2D eigenvalue weighted by molar-refractivity contribution is 5.79. The maximum absolute atomic E-state index is 13.4. The molecule has 6 nitrogen and oxygen atoms in total. The molecule has 1 aliphatic heterocycles. The van der Waals surface area contributed by atoms with E-state index in [-0.39, 0.29) is 23.9 Å². The number of aromatic nitrogens is 2. The molecule has 1 aliphatic rings. The van der Waals surface area contributed by atoms with Gasteiger partial charge in [0.1, 0.15) is 12.4 Å². The Morgan fingerprint density at radius 2 is 2.27 bits per heavy atom. The standard InChI is InChI=1S/C19H25FN4O2/c1-13-4-3-7-23(9-13)10-14(2)22-18(25)11-24-12-21-17-6-5-15(20)8-16(17)19(24)26/h5-6,8,12-14H,3-4,7,9-11H2,1-2H3,(H,22,25)/t13-,14+/m0/s1. The molecule has 1 N–H and O–H groups in total. The number of hydrogen-bond acceptors (Lipinski definition) is 4. The van der Waals surface area contributed by atoms with Crippen LogP contribution in [-0.4, -0.2) is 46.0 Å². The molecule has 2 heterocycles. The number of carbonyl (C=O) groups excluding carboxylic acids is 1. The van der Waals surface area contributed by atoms with Crippen LogP contribution in [0.4, 0.5) is 4.39 Å². The van der Waals surface area contributed by atoms with E-state index in [2.05, 4.69) is 22.1 Å². The lowest BCUT2D eigenvalue weighted by Gasteiger charge is -2.32. The molecule has 3 rings (SSSR count). The summed E-state index contributed by atoms with van der Waals surface area (Å²) < 4.78 is 14.6. The molecule has 140 valence electrons. The zero-order valence-electron chi connectivity index (χ0n) is 15.2. The number of benzene rings is 1. The Morgan fingerprint density at radius 1 is 1.46 bits per heavy atom. The van der Waals surface area contributed by atoms with Gasteiger partial charge in [-0.05, 0) is 50.4 Å². The number of halogens is 1. The molecule has 7 heteroatoms. The van der Waals surface area contributed by atoms with Crippen molar-refractivity contribution < 1.29 is 9.18 Å². The molecule has 1 aromatic carbocycles. The Labute approximate surface area is 152 Å². The van der Waals surface area contributed by atoms with Crippen LogP contribution >= 0.6 is 0 Å². The minimum absolute atomic E-state index is 0.00522. The van der Waals surface area contributed by atoms with Crippen molar-refractivity contribution in [2.45, 2.75) is 39.3 Å². The molecule has 0 spiro atoms. The molecule has 0 aliphatic carbocycles. The Morgan fingerprint density at radius 3 is 3.04 bits per heavy atom. The molecule has 26 heavy (non-hydrogen) atoms. The minimum Gasteiger partial charge on any atom is -0.351 e. The van der Waals surface area contributed by atoms with Crippen LogP contribution < -0.4 is 10.9 Å². The van der Waals surface area contributed by atoms with Gasteiger partial charge in [-0.25, -0.2) is 9.37 Å². The van der Waals surface area contributed by atoms with Crippen LogP contribution in [0.3, 0.4) is 0 Å². The largest absolute Gasteiger partial charge is 0.351 e. The normalized spacial score (nSPS) is 19.4. The average molecular weight is 360 g/mol. The Bertz CT molecular complexity index is 851. The quantitative estimate of drug-likeness (QED) is 0.883. The summed E-state index contributed by atoms with van der Waals surface area (Å²) in [5.74, 6) is -0.0560. The molecule has 1 amide bonds. The first-order chi connectivity index (χ1) is 12.4. The maximum atomic E-state index is 13.4. The summed E-state index contributed by atoms with van der Waals surface area (Å²) in [4.78, 5) is 31.2. The lowest BCUT2D eigenvalue weighted by molar-refractivity contribution is -0.122. The third kappa shape index (κ3) is 4.46. The summed E-state index contributed by atoms with van der Waals surface area (Å²) in [5.41, 5.74) is 0.00260. The number of nitrogens with zero attached hydrogens (tertiary/aromatic N) is 3. The minimum atomic E-state index is -0.497. The molecule has 2 atom stereocenters. The van der Waals surface area contributed by atoms with Crippen LogP contribution in [0.5, 0.6) is 0 Å². The van der Waals surface area contributed by atoms with Crippen molar-refractivity contribution >= 4 is 16.8 Å². The van der Waals surface area contributed by atoms with E-state index in [1.54, 1.807) is 0 Å². The zero-order chi connectivity index (χ0) is 18.7. The highest BCUT2D eigenvalue weighted by atomic mass is 19.1. The van der Waals surface area contributed by atoms with Gasteiger partial charge in [-0.1, -0.05) is 6.92 Å². The van der Waals surface area contributed by atoms with Crippen molar-refractivity contribution in [2.24, 2.45) is 5.92 Å². The van der Waals surface area contributed by atoms with E-state index in [1.807, 2.05) is 6.92 Å². The third-order valence-corrected chi connectivity index (χ3v) is 4.78. The molecule has 0 saturated carbocycles. The fraction of sp³-hybridized carbons (Fsp3) is 0.526. The number of likely N-dealkylation sites (tertiary alicyclic amines) is 1. The van der Waals surface area contributed by atoms with Crippen molar-refractivity contribution in [2.75, 3.05) is 19.6 Å². The first-order valence-corrected chi connectivity index (χ1v) is 9.09. The van der Waals surface area contributed by atoms with Crippen molar-refractivity contribution in [3.8, 4) is 0 Å². The summed E-state index contributed by atoms with van der Waals surface area (Å²) >= 11 is 0. The summed E-state index contributed by atoms with van der Waals surface area (Å²) in [5, 5.41) is 3.11. The van der Waals surface area contributed by atoms with Gasteiger partial charge in [-0.2, -0.15) is 0 Å². The monoisotopic (exact) mass is 360 g/mol. The van der Waals surface area contributed by atoms with Crippen LogP contribution in [0.25, 0.3) is 10.9 Å². The Balaban J connectivity index is 1.61. The van der Waals surface area contributed by atoms with E-state index in [9.17, 15) is 14.0 Å². The summed E-state index contributed by atoms with van der Waals surface area (Å²) in [6, 6.07) is 3.86. The highest BCUT2D eigenvalue weighted by Crippen LogP contribution is 2.15. The molecule has 0 bridgehead atoms. The van der Waals surface area contributed by atoms with Crippen molar-refractivity contribution in [3.05, 3.63) is 40.7 Å². The van der Waals surface area contributed by atoms with Gasteiger partial charge in [-0.15, -0.1) is 0 Å². The molecule has 1 aromatic heterocycles. The van der Waals surface area contributed by atoms with Gasteiger partial charge >= 0.3 is 0 Å². The van der Waals surface area contributed by atoms with E-state index in [1.165, 1.54) is 35.9 Å². The van der Waals surface area contributed by atoms with E-state index >= 15 is 0 Å². The van der Waals surface area contributed by atoms with Crippen molar-refractivity contribution in [1.82, 2.24) is 19.8 Å². The van der Waals surface area contributed by atoms with E-state index in [0.717, 1.165) is 25.7 Å². The molecular formula is C19H25FN4O2. The fourth-order valence-corrected chi connectivity index (χ4v) is 3.60. The van der Waals surface area contributed by atoms with Gasteiger partial charge in [0.25, 0.3) is 5.56 Å². The second-order valence-corrected chi connectivity index (χ2v) is 7.31. The van der Waals surface area contributed by atoms with Gasteiger partial charge in [-0.3, -0.25) is 14.2 Å². The number of hydrogen-bond donors (Lipinski definition) is 1. The topological polar surface area (TPSA) is 67.2 Å². The summed E-state index contributed by atoms with van der Waals surface area (Å²) in [7, 11) is 0. The van der Waals surface area contributed by atoms with Crippen molar-refractivity contribution in [3.63, 3.8) is 0 Å². The number of nitrogens with one attached hydrogen (secondary N) is 1. The SMILES string of the molecule is C[C@H]1CCCN(C[C@@H](C)NC(=O)Cn2cnc3ccc(F)cc3c2=O)C1. The van der Waals surface area contributed by atoms with E-state index in [0.29, 0.717) is 11.4 Å². The first kappa shape index (κ1) is 18.5. The summed E-state index contributed by atoms with van der Waals surface area (Å²) in [6.45, 7) is 7.00. The van der Waals surface area contributed by atoms with Gasteiger partial charge in [0.15, 0.2) is 0 Å². The smallest absolute Gasteiger partial charge is 0.261 e. The number of rotatable bonds is 5. The van der Waals surface area contributed by atoms with Crippen LogP contribution in [-0.2, 0) is 11.3 Å². The second kappa shape index (κ2) is 7.95. The fourth-order valence-electron chi connectivity index (χ4n) is 3.60. The zero-order valence-corrected chi connectivity index (χ0v) is 15.2. The van der Waals surface area contributed by atoms with Crippen LogP contribution in [0, 0.1) is 11.7 Å². The predicted molar refractivity (Wildman–Crippen MR) is 98.4 cm³/mol. The second-order valence-electron chi connectivity index (χ2n) is 7.31. The van der Waals surface area contributed by atoms with Crippen molar-refractivity contribution in [1.29, 1.82) is 0 Å². The molecular weight excluding hydrogens is 335 g/mol. The number of amides is 1. The molecule has 1 fully saturated rings. The lowest BCUT2D eigenvalue weighted by Crippen LogP contribution is -2.46. The van der Waals surface area contributed by atoms with Gasteiger partial charge in [0.2, 0.25) is 5.91 Å². The Hall–Kier alpha value is -2.28. The molecule has 0 radical (unpaired) electrons. The first-order valence-electron chi connectivity index (χ1n) is 9.09. The number of fused-ring (bicyclic) bond motifs is 1. The molecule has 1 saturated heterocycles. The Kier molecular flexibility index (Phi) is 5.66. The maximum Gasteiger partial charge on any atom is 0.261 e.